The molecule has 106 valence electrons. The molecule has 2 aromatic rings. The minimum atomic E-state index is -0.727. The number of esters is 1. The largest absolute Gasteiger partial charge is 0.457 e. The number of hydrogen-bond donors (Lipinski definition) is 1. The third-order valence-corrected chi connectivity index (χ3v) is 2.75. The highest BCUT2D eigenvalue weighted by atomic mass is 19.1. The van der Waals surface area contributed by atoms with Gasteiger partial charge in [-0.15, -0.1) is 0 Å². The number of carbonyl (C=O) groups is 1. The van der Waals surface area contributed by atoms with Crippen LogP contribution in [-0.2, 0) is 11.3 Å². The van der Waals surface area contributed by atoms with E-state index in [9.17, 15) is 13.6 Å². The van der Waals surface area contributed by atoms with E-state index in [4.69, 9.17) is 15.7 Å². The van der Waals surface area contributed by atoms with Crippen molar-refractivity contribution in [2.75, 3.05) is 5.73 Å². The summed E-state index contributed by atoms with van der Waals surface area (Å²) >= 11 is 0. The van der Waals surface area contributed by atoms with Gasteiger partial charge in [0, 0.05) is 5.69 Å². The summed E-state index contributed by atoms with van der Waals surface area (Å²) in [5.41, 5.74) is 5.86. The summed E-state index contributed by atoms with van der Waals surface area (Å²) in [6.07, 6.45) is 0. The number of rotatable bonds is 3. The van der Waals surface area contributed by atoms with Crippen LogP contribution in [-0.4, -0.2) is 5.97 Å². The first kappa shape index (κ1) is 14.5. The monoisotopic (exact) mass is 288 g/mol. The molecule has 0 saturated carbocycles. The van der Waals surface area contributed by atoms with Crippen LogP contribution in [0.2, 0.25) is 0 Å². The van der Waals surface area contributed by atoms with E-state index in [0.717, 1.165) is 18.2 Å². The SMILES string of the molecule is N#Cc1cc(COC(=O)c2ccc(F)cc2N)ccc1F. The van der Waals surface area contributed by atoms with Crippen molar-refractivity contribution in [1.82, 2.24) is 0 Å². The summed E-state index contributed by atoms with van der Waals surface area (Å²) in [5.74, 6) is -1.92. The fraction of sp³-hybridized carbons (Fsp3) is 0.0667. The van der Waals surface area contributed by atoms with E-state index >= 15 is 0 Å². The number of nitriles is 1. The van der Waals surface area contributed by atoms with Crippen LogP contribution in [0.25, 0.3) is 0 Å². The molecule has 0 aliphatic heterocycles. The third kappa shape index (κ3) is 3.34. The van der Waals surface area contributed by atoms with Crippen molar-refractivity contribution in [2.45, 2.75) is 6.61 Å². The predicted molar refractivity (Wildman–Crippen MR) is 71.0 cm³/mol. The normalized spacial score (nSPS) is 9.95. The second-order valence-electron chi connectivity index (χ2n) is 4.23. The Bertz CT molecular complexity index is 739. The van der Waals surface area contributed by atoms with Crippen LogP contribution >= 0.6 is 0 Å². The number of ether oxygens (including phenoxy) is 1. The zero-order valence-electron chi connectivity index (χ0n) is 10.8. The Morgan fingerprint density at radius 1 is 1.24 bits per heavy atom. The molecule has 0 aromatic heterocycles. The van der Waals surface area contributed by atoms with Gasteiger partial charge in [-0.1, -0.05) is 6.07 Å². The van der Waals surface area contributed by atoms with E-state index in [1.165, 1.54) is 18.2 Å². The minimum Gasteiger partial charge on any atom is -0.457 e. The van der Waals surface area contributed by atoms with Gasteiger partial charge in [-0.05, 0) is 35.9 Å². The molecule has 2 aromatic carbocycles. The third-order valence-electron chi connectivity index (χ3n) is 2.75. The fourth-order valence-corrected chi connectivity index (χ4v) is 1.69. The standard InChI is InChI=1S/C15H10F2N2O2/c16-11-2-3-12(14(19)6-11)15(20)21-8-9-1-4-13(17)10(5-9)7-18/h1-6H,8,19H2. The van der Waals surface area contributed by atoms with E-state index in [1.54, 1.807) is 6.07 Å². The number of benzene rings is 2. The summed E-state index contributed by atoms with van der Waals surface area (Å²) in [7, 11) is 0. The molecule has 4 nitrogen and oxygen atoms in total. The van der Waals surface area contributed by atoms with Crippen LogP contribution in [0.15, 0.2) is 36.4 Å². The molecule has 0 fully saturated rings. The van der Waals surface area contributed by atoms with Crippen molar-refractivity contribution in [1.29, 1.82) is 5.26 Å². The van der Waals surface area contributed by atoms with Gasteiger partial charge in [0.1, 0.15) is 24.3 Å². The molecule has 2 rings (SSSR count). The number of hydrogen-bond acceptors (Lipinski definition) is 4. The van der Waals surface area contributed by atoms with Crippen LogP contribution in [0, 0.1) is 23.0 Å². The van der Waals surface area contributed by atoms with E-state index in [-0.39, 0.29) is 23.4 Å². The van der Waals surface area contributed by atoms with E-state index in [2.05, 4.69) is 0 Å². The quantitative estimate of drug-likeness (QED) is 0.696. The van der Waals surface area contributed by atoms with Crippen molar-refractivity contribution in [3.8, 4) is 6.07 Å². The Morgan fingerprint density at radius 3 is 2.67 bits per heavy atom. The van der Waals surface area contributed by atoms with Crippen molar-refractivity contribution >= 4 is 11.7 Å². The molecule has 0 bridgehead atoms. The molecule has 2 N–H and O–H groups in total. The lowest BCUT2D eigenvalue weighted by Crippen LogP contribution is -2.08. The summed E-state index contributed by atoms with van der Waals surface area (Å²) < 4.78 is 31.0. The lowest BCUT2D eigenvalue weighted by atomic mass is 10.1. The van der Waals surface area contributed by atoms with Crippen molar-refractivity contribution in [3.05, 3.63) is 64.7 Å². The van der Waals surface area contributed by atoms with E-state index < -0.39 is 17.6 Å². The Labute approximate surface area is 119 Å². The van der Waals surface area contributed by atoms with Gasteiger partial charge in [-0.25, -0.2) is 13.6 Å². The molecule has 0 saturated heterocycles. The number of nitrogens with two attached hydrogens (primary N) is 1. The van der Waals surface area contributed by atoms with Crippen LogP contribution in [0.5, 0.6) is 0 Å². The average molecular weight is 288 g/mol. The number of nitrogens with zero attached hydrogens (tertiary/aromatic N) is 1. The zero-order valence-corrected chi connectivity index (χ0v) is 10.8. The highest BCUT2D eigenvalue weighted by molar-refractivity contribution is 5.94. The summed E-state index contributed by atoms with van der Waals surface area (Å²) in [4.78, 5) is 11.8. The number of nitrogen functional groups attached to an aromatic ring is 1. The highest BCUT2D eigenvalue weighted by Gasteiger charge is 2.12. The maximum absolute atomic E-state index is 13.1. The van der Waals surface area contributed by atoms with Gasteiger partial charge < -0.3 is 10.5 Å². The van der Waals surface area contributed by atoms with Gasteiger partial charge >= 0.3 is 5.97 Å². The molecule has 0 heterocycles. The van der Waals surface area contributed by atoms with Crippen molar-refractivity contribution in [3.63, 3.8) is 0 Å². The first-order valence-corrected chi connectivity index (χ1v) is 5.92. The molecular weight excluding hydrogens is 278 g/mol. The predicted octanol–water partition coefficient (Wildman–Crippen LogP) is 2.78. The Hall–Kier alpha value is -2.94. The lowest BCUT2D eigenvalue weighted by molar-refractivity contribution is 0.0474. The number of anilines is 1. The molecule has 0 atom stereocenters. The van der Waals surface area contributed by atoms with Crippen LogP contribution in [0.1, 0.15) is 21.5 Å². The van der Waals surface area contributed by atoms with Gasteiger partial charge in [0.15, 0.2) is 0 Å². The molecule has 0 aliphatic carbocycles. The lowest BCUT2D eigenvalue weighted by Gasteiger charge is -2.07. The fourth-order valence-electron chi connectivity index (χ4n) is 1.69. The van der Waals surface area contributed by atoms with E-state index in [1.807, 2.05) is 0 Å². The maximum Gasteiger partial charge on any atom is 0.340 e. The van der Waals surface area contributed by atoms with Gasteiger partial charge in [0.2, 0.25) is 0 Å². The average Bonchev–Trinajstić information content (AvgIpc) is 2.46. The van der Waals surface area contributed by atoms with Crippen LogP contribution in [0.4, 0.5) is 14.5 Å². The second kappa shape index (κ2) is 6.01. The Morgan fingerprint density at radius 2 is 2.00 bits per heavy atom. The highest BCUT2D eigenvalue weighted by Crippen LogP contribution is 2.16. The molecule has 0 radical (unpaired) electrons. The minimum absolute atomic E-state index is 0.0307. The number of halogens is 2. The molecule has 0 spiro atoms. The summed E-state index contributed by atoms with van der Waals surface area (Å²) in [6.45, 7) is -0.148. The van der Waals surface area contributed by atoms with Gasteiger partial charge in [0.05, 0.1) is 11.1 Å². The molecule has 6 heteroatoms. The number of carbonyl (C=O) groups excluding carboxylic acids is 1. The summed E-state index contributed by atoms with van der Waals surface area (Å²) in [6, 6.07) is 8.83. The van der Waals surface area contributed by atoms with Crippen molar-refractivity contribution < 1.29 is 18.3 Å². The van der Waals surface area contributed by atoms with Crippen LogP contribution in [0.3, 0.4) is 0 Å². The maximum atomic E-state index is 13.1. The first-order chi connectivity index (χ1) is 10.0. The van der Waals surface area contributed by atoms with Crippen molar-refractivity contribution in [2.24, 2.45) is 0 Å². The second-order valence-corrected chi connectivity index (χ2v) is 4.23. The summed E-state index contributed by atoms with van der Waals surface area (Å²) in [5, 5.41) is 8.71. The Kier molecular flexibility index (Phi) is 4.14. The topological polar surface area (TPSA) is 76.1 Å². The van der Waals surface area contributed by atoms with E-state index in [0.29, 0.717) is 5.56 Å². The molecule has 0 amide bonds. The smallest absolute Gasteiger partial charge is 0.340 e. The van der Waals surface area contributed by atoms with Gasteiger partial charge in [0.25, 0.3) is 0 Å². The first-order valence-electron chi connectivity index (χ1n) is 5.92. The molecule has 0 unspecified atom stereocenters. The van der Waals surface area contributed by atoms with Gasteiger partial charge in [-0.2, -0.15) is 5.26 Å². The molecular formula is C15H10F2N2O2. The molecule has 0 aliphatic rings. The van der Waals surface area contributed by atoms with Crippen LogP contribution < -0.4 is 5.73 Å². The Balaban J connectivity index is 2.09. The molecule has 21 heavy (non-hydrogen) atoms. The van der Waals surface area contributed by atoms with Gasteiger partial charge in [-0.3, -0.25) is 0 Å². The zero-order chi connectivity index (χ0) is 15.4.